The van der Waals surface area contributed by atoms with E-state index in [4.69, 9.17) is 0 Å². The second-order valence-electron chi connectivity index (χ2n) is 4.18. The lowest BCUT2D eigenvalue weighted by Crippen LogP contribution is -2.60. The molecule has 1 saturated carbocycles. The standard InChI is InChI=1S/C9H17NO/c11-9(6-10-7-9)5-8-3-1-2-4-8/h8,10-11H,1-7H2. The van der Waals surface area contributed by atoms with Crippen molar-refractivity contribution in [2.24, 2.45) is 5.92 Å². The molecule has 0 amide bonds. The van der Waals surface area contributed by atoms with Gasteiger partial charge in [-0.2, -0.15) is 0 Å². The van der Waals surface area contributed by atoms with Crippen molar-refractivity contribution in [1.29, 1.82) is 0 Å². The molecule has 0 radical (unpaired) electrons. The topological polar surface area (TPSA) is 32.3 Å². The van der Waals surface area contributed by atoms with Crippen LogP contribution in [0.2, 0.25) is 0 Å². The average molecular weight is 155 g/mol. The summed E-state index contributed by atoms with van der Waals surface area (Å²) in [6, 6.07) is 0. The smallest absolute Gasteiger partial charge is 0.0897 e. The van der Waals surface area contributed by atoms with E-state index in [0.717, 1.165) is 25.4 Å². The van der Waals surface area contributed by atoms with E-state index in [1.807, 2.05) is 0 Å². The van der Waals surface area contributed by atoms with Crippen molar-refractivity contribution in [3.05, 3.63) is 0 Å². The van der Waals surface area contributed by atoms with E-state index in [1.165, 1.54) is 25.7 Å². The van der Waals surface area contributed by atoms with E-state index < -0.39 is 0 Å². The molecule has 0 aromatic carbocycles. The van der Waals surface area contributed by atoms with Gasteiger partial charge in [-0.3, -0.25) is 0 Å². The molecule has 64 valence electrons. The Balaban J connectivity index is 1.79. The van der Waals surface area contributed by atoms with Crippen LogP contribution in [0.1, 0.15) is 32.1 Å². The highest BCUT2D eigenvalue weighted by Gasteiger charge is 2.36. The van der Waals surface area contributed by atoms with Gasteiger partial charge in [0.2, 0.25) is 0 Å². The van der Waals surface area contributed by atoms with Gasteiger partial charge in [0.25, 0.3) is 0 Å². The highest BCUT2D eigenvalue weighted by atomic mass is 16.3. The van der Waals surface area contributed by atoms with E-state index in [2.05, 4.69) is 5.32 Å². The molecule has 1 aliphatic carbocycles. The lowest BCUT2D eigenvalue weighted by atomic mass is 9.85. The van der Waals surface area contributed by atoms with Gasteiger partial charge >= 0.3 is 0 Å². The third-order valence-electron chi connectivity index (χ3n) is 3.05. The Morgan fingerprint density at radius 1 is 1.27 bits per heavy atom. The van der Waals surface area contributed by atoms with Crippen molar-refractivity contribution >= 4 is 0 Å². The molecule has 2 rings (SSSR count). The van der Waals surface area contributed by atoms with Crippen LogP contribution in [0.25, 0.3) is 0 Å². The van der Waals surface area contributed by atoms with Crippen molar-refractivity contribution in [2.75, 3.05) is 13.1 Å². The molecule has 2 heteroatoms. The van der Waals surface area contributed by atoms with Gasteiger partial charge in [-0.1, -0.05) is 25.7 Å². The molecule has 0 bridgehead atoms. The second-order valence-corrected chi connectivity index (χ2v) is 4.18. The molecule has 0 spiro atoms. The van der Waals surface area contributed by atoms with Gasteiger partial charge in [-0.05, 0) is 12.3 Å². The third kappa shape index (κ3) is 1.57. The van der Waals surface area contributed by atoms with Crippen LogP contribution in [0, 0.1) is 5.92 Å². The van der Waals surface area contributed by atoms with Crippen LogP contribution < -0.4 is 5.32 Å². The summed E-state index contributed by atoms with van der Waals surface area (Å²) in [5.41, 5.74) is -0.324. The normalized spacial score (nSPS) is 30.3. The van der Waals surface area contributed by atoms with Crippen molar-refractivity contribution in [2.45, 2.75) is 37.7 Å². The molecule has 11 heavy (non-hydrogen) atoms. The van der Waals surface area contributed by atoms with Gasteiger partial charge in [0.1, 0.15) is 0 Å². The monoisotopic (exact) mass is 155 g/mol. The van der Waals surface area contributed by atoms with E-state index in [9.17, 15) is 5.11 Å². The van der Waals surface area contributed by atoms with Crippen molar-refractivity contribution in [3.63, 3.8) is 0 Å². The van der Waals surface area contributed by atoms with Gasteiger partial charge < -0.3 is 10.4 Å². The fourth-order valence-corrected chi connectivity index (χ4v) is 2.31. The fraction of sp³-hybridized carbons (Fsp3) is 1.00. The van der Waals surface area contributed by atoms with E-state index in [-0.39, 0.29) is 5.60 Å². The molecule has 1 aliphatic heterocycles. The molecule has 2 nitrogen and oxygen atoms in total. The van der Waals surface area contributed by atoms with E-state index in [1.54, 1.807) is 0 Å². The van der Waals surface area contributed by atoms with Crippen LogP contribution in [0.4, 0.5) is 0 Å². The molecule has 0 atom stereocenters. The lowest BCUT2D eigenvalue weighted by molar-refractivity contribution is -0.0297. The van der Waals surface area contributed by atoms with Gasteiger partial charge in [-0.15, -0.1) is 0 Å². The molecule has 0 unspecified atom stereocenters. The van der Waals surface area contributed by atoms with Crippen LogP contribution in [0.15, 0.2) is 0 Å². The molecule has 0 aromatic rings. The van der Waals surface area contributed by atoms with Gasteiger partial charge in [0.05, 0.1) is 5.60 Å². The SMILES string of the molecule is OC1(CC2CCCC2)CNC1. The number of nitrogens with one attached hydrogen (secondary N) is 1. The first-order valence-electron chi connectivity index (χ1n) is 4.72. The van der Waals surface area contributed by atoms with Crippen LogP contribution in [-0.4, -0.2) is 23.8 Å². The van der Waals surface area contributed by atoms with Crippen molar-refractivity contribution in [3.8, 4) is 0 Å². The maximum atomic E-state index is 9.81. The predicted molar refractivity (Wildman–Crippen MR) is 44.4 cm³/mol. The Morgan fingerprint density at radius 3 is 2.36 bits per heavy atom. The fourth-order valence-electron chi connectivity index (χ4n) is 2.31. The molecular formula is C9H17NO. The summed E-state index contributed by atoms with van der Waals surface area (Å²) in [5, 5.41) is 12.9. The largest absolute Gasteiger partial charge is 0.387 e. The Morgan fingerprint density at radius 2 is 1.91 bits per heavy atom. The minimum absolute atomic E-state index is 0.324. The molecule has 2 N–H and O–H groups in total. The minimum atomic E-state index is -0.324. The van der Waals surface area contributed by atoms with Crippen LogP contribution in [0.3, 0.4) is 0 Å². The number of aliphatic hydroxyl groups is 1. The zero-order valence-corrected chi connectivity index (χ0v) is 6.97. The third-order valence-corrected chi connectivity index (χ3v) is 3.05. The maximum absolute atomic E-state index is 9.81. The van der Waals surface area contributed by atoms with Gasteiger partial charge in [-0.25, -0.2) is 0 Å². The number of hydrogen-bond donors (Lipinski definition) is 2. The molecule has 2 aliphatic rings. The second kappa shape index (κ2) is 2.76. The Hall–Kier alpha value is -0.0800. The van der Waals surface area contributed by atoms with Gasteiger partial charge in [0, 0.05) is 13.1 Å². The molecule has 1 heterocycles. The minimum Gasteiger partial charge on any atom is -0.387 e. The number of β-amino-alcohol motifs (C(OH)–C–C–N with tert-alkyl or cyclic N) is 1. The first-order valence-corrected chi connectivity index (χ1v) is 4.72. The van der Waals surface area contributed by atoms with Crippen LogP contribution in [-0.2, 0) is 0 Å². The lowest BCUT2D eigenvalue weighted by Gasteiger charge is -2.39. The van der Waals surface area contributed by atoms with Crippen molar-refractivity contribution < 1.29 is 5.11 Å². The Bertz CT molecular complexity index is 136. The maximum Gasteiger partial charge on any atom is 0.0897 e. The zero-order valence-electron chi connectivity index (χ0n) is 6.97. The Labute approximate surface area is 68.0 Å². The molecular weight excluding hydrogens is 138 g/mol. The number of hydrogen-bond acceptors (Lipinski definition) is 2. The molecule has 1 saturated heterocycles. The van der Waals surface area contributed by atoms with Gasteiger partial charge in [0.15, 0.2) is 0 Å². The zero-order chi connectivity index (χ0) is 7.73. The van der Waals surface area contributed by atoms with Crippen LogP contribution >= 0.6 is 0 Å². The highest BCUT2D eigenvalue weighted by Crippen LogP contribution is 2.33. The van der Waals surface area contributed by atoms with E-state index >= 15 is 0 Å². The van der Waals surface area contributed by atoms with Crippen LogP contribution in [0.5, 0.6) is 0 Å². The summed E-state index contributed by atoms with van der Waals surface area (Å²) in [6.45, 7) is 1.65. The van der Waals surface area contributed by atoms with E-state index in [0.29, 0.717) is 0 Å². The highest BCUT2D eigenvalue weighted by molar-refractivity contribution is 4.94. The molecule has 0 aromatic heterocycles. The summed E-state index contributed by atoms with van der Waals surface area (Å²) in [4.78, 5) is 0. The summed E-state index contributed by atoms with van der Waals surface area (Å²) < 4.78 is 0. The molecule has 2 fully saturated rings. The Kier molecular flexibility index (Phi) is 1.90. The quantitative estimate of drug-likeness (QED) is 0.621. The van der Waals surface area contributed by atoms with Crippen molar-refractivity contribution in [1.82, 2.24) is 5.32 Å². The average Bonchev–Trinajstić information content (AvgIpc) is 2.36. The first-order chi connectivity index (χ1) is 5.29. The summed E-state index contributed by atoms with van der Waals surface area (Å²) in [7, 11) is 0. The predicted octanol–water partition coefficient (Wildman–Crippen LogP) is 0.901. The first kappa shape index (κ1) is 7.56. The summed E-state index contributed by atoms with van der Waals surface area (Å²) >= 11 is 0. The summed E-state index contributed by atoms with van der Waals surface area (Å²) in [6.07, 6.45) is 6.51. The number of rotatable bonds is 2. The summed E-state index contributed by atoms with van der Waals surface area (Å²) in [5.74, 6) is 0.821.